The van der Waals surface area contributed by atoms with Crippen molar-refractivity contribution in [2.24, 2.45) is 0 Å². The van der Waals surface area contributed by atoms with E-state index < -0.39 is 0 Å². The Morgan fingerprint density at radius 1 is 1.14 bits per heavy atom. The standard InChI is InChI=1S/C22H32N2O4/c1-6-15(7-2)23-14(3)12-24-9-8-16-17-10-20(26-4)21(27-5)11-19(17)28-22(25)18(16)13-24/h10-11,14-15,23H,6-9,12-13H2,1-5H3. The van der Waals surface area contributed by atoms with Crippen LogP contribution in [0.15, 0.2) is 21.3 Å². The molecule has 6 heteroatoms. The molecular formula is C22H32N2O4. The van der Waals surface area contributed by atoms with Gasteiger partial charge in [-0.15, -0.1) is 0 Å². The third kappa shape index (κ3) is 4.18. The molecule has 0 fully saturated rings. The molecule has 154 valence electrons. The highest BCUT2D eigenvalue weighted by Gasteiger charge is 2.25. The number of fused-ring (bicyclic) bond motifs is 3. The van der Waals surface area contributed by atoms with E-state index in [1.807, 2.05) is 6.07 Å². The molecule has 1 aliphatic rings. The van der Waals surface area contributed by atoms with Crippen LogP contribution >= 0.6 is 0 Å². The summed E-state index contributed by atoms with van der Waals surface area (Å²) in [4.78, 5) is 15.0. The van der Waals surface area contributed by atoms with Crippen molar-refractivity contribution in [3.63, 3.8) is 0 Å². The lowest BCUT2D eigenvalue weighted by Gasteiger charge is -2.32. The number of hydrogen-bond acceptors (Lipinski definition) is 6. The molecule has 0 bridgehead atoms. The van der Waals surface area contributed by atoms with Crippen LogP contribution in [0.3, 0.4) is 0 Å². The first-order valence-corrected chi connectivity index (χ1v) is 10.2. The second-order valence-corrected chi connectivity index (χ2v) is 7.62. The minimum atomic E-state index is -0.250. The van der Waals surface area contributed by atoms with Crippen LogP contribution in [0.4, 0.5) is 0 Å². The van der Waals surface area contributed by atoms with Gasteiger partial charge in [0.15, 0.2) is 11.5 Å². The summed E-state index contributed by atoms with van der Waals surface area (Å²) < 4.78 is 16.4. The number of ether oxygens (including phenoxy) is 2. The fraction of sp³-hybridized carbons (Fsp3) is 0.591. The van der Waals surface area contributed by atoms with Gasteiger partial charge in [0, 0.05) is 43.2 Å². The van der Waals surface area contributed by atoms with Crippen LogP contribution in [0.2, 0.25) is 0 Å². The zero-order valence-electron chi connectivity index (χ0n) is 17.6. The molecule has 6 nitrogen and oxygen atoms in total. The molecule has 0 spiro atoms. The zero-order chi connectivity index (χ0) is 20.3. The molecule has 0 saturated carbocycles. The van der Waals surface area contributed by atoms with Crippen LogP contribution in [-0.4, -0.2) is 44.3 Å². The number of hydrogen-bond donors (Lipinski definition) is 1. The van der Waals surface area contributed by atoms with Crippen molar-refractivity contribution in [3.05, 3.63) is 33.7 Å². The van der Waals surface area contributed by atoms with E-state index in [9.17, 15) is 4.79 Å². The second-order valence-electron chi connectivity index (χ2n) is 7.62. The Balaban J connectivity index is 1.85. The van der Waals surface area contributed by atoms with E-state index in [0.29, 0.717) is 35.7 Å². The van der Waals surface area contributed by atoms with Gasteiger partial charge in [0.1, 0.15) is 5.58 Å². The number of methoxy groups -OCH3 is 2. The quantitative estimate of drug-likeness (QED) is 0.700. The largest absolute Gasteiger partial charge is 0.493 e. The topological polar surface area (TPSA) is 63.9 Å². The monoisotopic (exact) mass is 388 g/mol. The third-order valence-corrected chi connectivity index (χ3v) is 5.72. The molecule has 0 amide bonds. The first kappa shape index (κ1) is 20.7. The van der Waals surface area contributed by atoms with E-state index in [2.05, 4.69) is 31.0 Å². The zero-order valence-corrected chi connectivity index (χ0v) is 17.6. The molecule has 0 radical (unpaired) electrons. The first-order chi connectivity index (χ1) is 13.5. The predicted molar refractivity (Wildman–Crippen MR) is 112 cm³/mol. The van der Waals surface area contributed by atoms with Crippen LogP contribution in [0, 0.1) is 0 Å². The van der Waals surface area contributed by atoms with E-state index in [0.717, 1.165) is 48.9 Å². The number of rotatable bonds is 8. The maximum Gasteiger partial charge on any atom is 0.341 e. The fourth-order valence-electron chi connectivity index (χ4n) is 4.17. The molecule has 1 aromatic carbocycles. The molecule has 2 heterocycles. The van der Waals surface area contributed by atoms with E-state index in [1.165, 1.54) is 0 Å². The number of benzene rings is 1. The third-order valence-electron chi connectivity index (χ3n) is 5.72. The summed E-state index contributed by atoms with van der Waals surface area (Å²) in [5.74, 6) is 1.22. The van der Waals surface area contributed by atoms with Gasteiger partial charge >= 0.3 is 5.63 Å². The van der Waals surface area contributed by atoms with Gasteiger partial charge in [-0.25, -0.2) is 4.79 Å². The average molecular weight is 389 g/mol. The van der Waals surface area contributed by atoms with Crippen molar-refractivity contribution >= 4 is 11.0 Å². The summed E-state index contributed by atoms with van der Waals surface area (Å²) in [5, 5.41) is 4.63. The van der Waals surface area contributed by atoms with Crippen molar-refractivity contribution in [1.82, 2.24) is 10.2 Å². The van der Waals surface area contributed by atoms with Crippen molar-refractivity contribution in [2.75, 3.05) is 27.3 Å². The predicted octanol–water partition coefficient (Wildman–Crippen LogP) is 3.34. The van der Waals surface area contributed by atoms with Crippen LogP contribution in [-0.2, 0) is 13.0 Å². The molecule has 0 saturated heterocycles. The molecule has 2 aromatic rings. The van der Waals surface area contributed by atoms with E-state index in [1.54, 1.807) is 20.3 Å². The Morgan fingerprint density at radius 2 is 1.82 bits per heavy atom. The molecule has 3 rings (SSSR count). The molecule has 1 aliphatic heterocycles. The van der Waals surface area contributed by atoms with Crippen LogP contribution in [0.5, 0.6) is 11.5 Å². The Bertz CT molecular complexity index is 873. The summed E-state index contributed by atoms with van der Waals surface area (Å²) in [6.07, 6.45) is 3.08. The normalized spacial score (nSPS) is 15.6. The van der Waals surface area contributed by atoms with Gasteiger partial charge in [-0.05, 0) is 37.8 Å². The van der Waals surface area contributed by atoms with Crippen molar-refractivity contribution < 1.29 is 13.9 Å². The lowest BCUT2D eigenvalue weighted by atomic mass is 9.97. The lowest BCUT2D eigenvalue weighted by molar-refractivity contribution is 0.218. The van der Waals surface area contributed by atoms with Gasteiger partial charge in [0.25, 0.3) is 0 Å². The highest BCUT2D eigenvalue weighted by atomic mass is 16.5. The molecule has 1 aromatic heterocycles. The molecule has 1 atom stereocenters. The Labute approximate surface area is 166 Å². The highest BCUT2D eigenvalue weighted by Crippen LogP contribution is 2.35. The summed E-state index contributed by atoms with van der Waals surface area (Å²) in [5.41, 5.74) is 2.14. The molecule has 0 aliphatic carbocycles. The summed E-state index contributed by atoms with van der Waals surface area (Å²) in [6.45, 7) is 9.11. The molecule has 28 heavy (non-hydrogen) atoms. The average Bonchev–Trinajstić information content (AvgIpc) is 2.71. The first-order valence-electron chi connectivity index (χ1n) is 10.2. The van der Waals surface area contributed by atoms with E-state index in [4.69, 9.17) is 13.9 Å². The molecular weight excluding hydrogens is 356 g/mol. The van der Waals surface area contributed by atoms with E-state index >= 15 is 0 Å². The Kier molecular flexibility index (Phi) is 6.62. The second kappa shape index (κ2) is 8.97. The summed E-state index contributed by atoms with van der Waals surface area (Å²) in [6, 6.07) is 4.58. The van der Waals surface area contributed by atoms with Gasteiger partial charge in [-0.1, -0.05) is 13.8 Å². The van der Waals surface area contributed by atoms with Crippen molar-refractivity contribution in [3.8, 4) is 11.5 Å². The molecule has 1 N–H and O–H groups in total. The fourth-order valence-corrected chi connectivity index (χ4v) is 4.17. The maximum atomic E-state index is 12.7. The van der Waals surface area contributed by atoms with Crippen molar-refractivity contribution in [1.29, 1.82) is 0 Å². The number of nitrogens with one attached hydrogen (secondary N) is 1. The van der Waals surface area contributed by atoms with Crippen LogP contribution in [0.1, 0.15) is 44.7 Å². The maximum absolute atomic E-state index is 12.7. The van der Waals surface area contributed by atoms with Gasteiger partial charge in [-0.2, -0.15) is 0 Å². The van der Waals surface area contributed by atoms with E-state index in [-0.39, 0.29) is 5.63 Å². The minimum Gasteiger partial charge on any atom is -0.493 e. The summed E-state index contributed by atoms with van der Waals surface area (Å²) in [7, 11) is 3.19. The van der Waals surface area contributed by atoms with Crippen LogP contribution < -0.4 is 20.4 Å². The minimum absolute atomic E-state index is 0.250. The smallest absolute Gasteiger partial charge is 0.341 e. The van der Waals surface area contributed by atoms with Gasteiger partial charge in [0.2, 0.25) is 0 Å². The Hall–Kier alpha value is -2.05. The summed E-state index contributed by atoms with van der Waals surface area (Å²) >= 11 is 0. The van der Waals surface area contributed by atoms with Gasteiger partial charge in [-0.3, -0.25) is 4.90 Å². The lowest BCUT2D eigenvalue weighted by Crippen LogP contribution is -2.45. The Morgan fingerprint density at radius 3 is 2.46 bits per heavy atom. The SMILES string of the molecule is CCC(CC)NC(C)CN1CCc2c(c(=O)oc3cc(OC)c(OC)cc23)C1. The van der Waals surface area contributed by atoms with Gasteiger partial charge in [0.05, 0.1) is 19.8 Å². The van der Waals surface area contributed by atoms with Gasteiger partial charge < -0.3 is 19.2 Å². The highest BCUT2D eigenvalue weighted by molar-refractivity contribution is 5.85. The molecule has 1 unspecified atom stereocenters. The van der Waals surface area contributed by atoms with Crippen LogP contribution in [0.25, 0.3) is 11.0 Å². The van der Waals surface area contributed by atoms with Crippen molar-refractivity contribution in [2.45, 2.75) is 58.7 Å². The number of nitrogens with zero attached hydrogens (tertiary/aromatic N) is 1.